The molecule has 0 fully saturated rings. The zero-order chi connectivity index (χ0) is 25.3. The van der Waals surface area contributed by atoms with Crippen LogP contribution in [0.4, 0.5) is 4.39 Å². The van der Waals surface area contributed by atoms with Crippen molar-refractivity contribution in [2.45, 2.75) is 51.6 Å². The number of carbonyl (C=O) groups excluding carboxylic acids is 2. The molecular formula is C28H30FNO5. The lowest BCUT2D eigenvalue weighted by Crippen LogP contribution is -2.36. The van der Waals surface area contributed by atoms with Crippen LogP contribution < -0.4 is 14.8 Å². The minimum absolute atomic E-state index is 0.105. The number of hydrogen-bond donors (Lipinski definition) is 1. The minimum Gasteiger partial charge on any atom is -0.493 e. The molecule has 1 aliphatic heterocycles. The molecule has 184 valence electrons. The van der Waals surface area contributed by atoms with Crippen LogP contribution in [0.5, 0.6) is 11.5 Å². The van der Waals surface area contributed by atoms with Gasteiger partial charge in [-0.05, 0) is 56.9 Å². The third-order valence-corrected chi connectivity index (χ3v) is 6.49. The van der Waals surface area contributed by atoms with E-state index in [4.69, 9.17) is 14.2 Å². The van der Waals surface area contributed by atoms with Gasteiger partial charge in [0.25, 0.3) is 0 Å². The highest BCUT2D eigenvalue weighted by Gasteiger charge is 2.42. The van der Waals surface area contributed by atoms with Crippen LogP contribution in [0.3, 0.4) is 0 Å². The molecule has 6 nitrogen and oxygen atoms in total. The van der Waals surface area contributed by atoms with Crippen LogP contribution in [0, 0.1) is 5.82 Å². The summed E-state index contributed by atoms with van der Waals surface area (Å²) in [6.45, 7) is 5.28. The predicted molar refractivity (Wildman–Crippen MR) is 130 cm³/mol. The molecule has 2 aromatic rings. The Morgan fingerprint density at radius 2 is 1.77 bits per heavy atom. The summed E-state index contributed by atoms with van der Waals surface area (Å²) in [4.78, 5) is 26.7. The van der Waals surface area contributed by atoms with Crippen molar-refractivity contribution in [1.82, 2.24) is 5.32 Å². The quantitative estimate of drug-likeness (QED) is 0.578. The number of ether oxygens (including phenoxy) is 3. The highest BCUT2D eigenvalue weighted by Crippen LogP contribution is 2.47. The summed E-state index contributed by atoms with van der Waals surface area (Å²) >= 11 is 0. The van der Waals surface area contributed by atoms with Gasteiger partial charge in [0.15, 0.2) is 17.3 Å². The second-order valence-electron chi connectivity index (χ2n) is 9.11. The maximum absolute atomic E-state index is 15.0. The van der Waals surface area contributed by atoms with E-state index >= 15 is 4.39 Å². The molecule has 7 heteroatoms. The van der Waals surface area contributed by atoms with Crippen LogP contribution in [-0.4, -0.2) is 32.1 Å². The van der Waals surface area contributed by atoms with Crippen molar-refractivity contribution in [1.29, 1.82) is 0 Å². The second kappa shape index (κ2) is 9.94. The second-order valence-corrected chi connectivity index (χ2v) is 9.11. The van der Waals surface area contributed by atoms with Crippen LogP contribution in [0.25, 0.3) is 0 Å². The SMILES string of the molecule is COc1ccc([C@@H]2CC(=O)C3=C(C2)NC(C)=C(C(=O)OC(C)C)[C@@H]3c2ccccc2F)cc1OC. The van der Waals surface area contributed by atoms with Crippen molar-refractivity contribution >= 4 is 11.8 Å². The molecule has 2 atom stereocenters. The Hall–Kier alpha value is -3.61. The van der Waals surface area contributed by atoms with E-state index in [2.05, 4.69) is 5.32 Å². The van der Waals surface area contributed by atoms with Gasteiger partial charge < -0.3 is 19.5 Å². The number of halogens is 1. The molecule has 0 spiro atoms. The fourth-order valence-electron chi connectivity index (χ4n) is 4.95. The van der Waals surface area contributed by atoms with Crippen molar-refractivity contribution in [2.75, 3.05) is 14.2 Å². The molecule has 0 unspecified atom stereocenters. The third-order valence-electron chi connectivity index (χ3n) is 6.49. The van der Waals surface area contributed by atoms with Crippen molar-refractivity contribution < 1.29 is 28.2 Å². The van der Waals surface area contributed by atoms with Crippen LogP contribution >= 0.6 is 0 Å². The summed E-state index contributed by atoms with van der Waals surface area (Å²) in [5, 5.41) is 3.28. The number of nitrogens with one attached hydrogen (secondary N) is 1. The first-order valence-electron chi connectivity index (χ1n) is 11.7. The topological polar surface area (TPSA) is 73.9 Å². The fraction of sp³-hybridized carbons (Fsp3) is 0.357. The first-order chi connectivity index (χ1) is 16.7. The summed E-state index contributed by atoms with van der Waals surface area (Å²) < 4.78 is 31.3. The standard InChI is InChI=1S/C28H30FNO5/c1-15(2)35-28(32)25-16(3)30-21-12-18(17-10-11-23(33-4)24(14-17)34-5)13-22(31)27(21)26(25)19-8-6-7-9-20(19)29/h6-11,14-15,18,26,30H,12-13H2,1-5H3/t18-,26-/m0/s1. The first-order valence-corrected chi connectivity index (χ1v) is 11.7. The van der Waals surface area contributed by atoms with Gasteiger partial charge in [-0.15, -0.1) is 0 Å². The Labute approximate surface area is 204 Å². The maximum atomic E-state index is 15.0. The van der Waals surface area contributed by atoms with E-state index in [0.717, 1.165) is 5.56 Å². The molecule has 0 radical (unpaired) electrons. The minimum atomic E-state index is -0.836. The van der Waals surface area contributed by atoms with Crippen LogP contribution in [-0.2, 0) is 14.3 Å². The molecule has 0 aromatic heterocycles. The molecule has 0 saturated carbocycles. The fourth-order valence-corrected chi connectivity index (χ4v) is 4.95. The van der Waals surface area contributed by atoms with Gasteiger partial charge in [-0.2, -0.15) is 0 Å². The molecule has 4 rings (SSSR count). The largest absolute Gasteiger partial charge is 0.493 e. The van der Waals surface area contributed by atoms with E-state index in [-0.39, 0.29) is 35.4 Å². The smallest absolute Gasteiger partial charge is 0.337 e. The van der Waals surface area contributed by atoms with Gasteiger partial charge in [-0.3, -0.25) is 4.79 Å². The van der Waals surface area contributed by atoms with Gasteiger partial charge >= 0.3 is 5.97 Å². The predicted octanol–water partition coefficient (Wildman–Crippen LogP) is 5.16. The summed E-state index contributed by atoms with van der Waals surface area (Å²) in [6, 6.07) is 11.9. The third kappa shape index (κ3) is 4.67. The number of benzene rings is 2. The maximum Gasteiger partial charge on any atom is 0.337 e. The van der Waals surface area contributed by atoms with Gasteiger partial charge in [0.2, 0.25) is 0 Å². The molecule has 0 bridgehead atoms. The van der Waals surface area contributed by atoms with E-state index in [0.29, 0.717) is 34.9 Å². The molecular weight excluding hydrogens is 449 g/mol. The van der Waals surface area contributed by atoms with E-state index in [9.17, 15) is 9.59 Å². The number of allylic oxidation sites excluding steroid dienone is 3. The normalized spacial score (nSPS) is 19.9. The lowest BCUT2D eigenvalue weighted by molar-refractivity contribution is -0.143. The van der Waals surface area contributed by atoms with E-state index < -0.39 is 17.7 Å². The average Bonchev–Trinajstić information content (AvgIpc) is 2.82. The first kappa shape index (κ1) is 24.5. The Morgan fingerprint density at radius 1 is 1.06 bits per heavy atom. The number of dihydropyridines is 1. The number of ketones is 1. The summed E-state index contributed by atoms with van der Waals surface area (Å²) in [7, 11) is 3.15. The molecule has 2 aliphatic rings. The van der Waals surface area contributed by atoms with Crippen molar-refractivity contribution in [3.8, 4) is 11.5 Å². The van der Waals surface area contributed by atoms with Crippen LogP contribution in [0.2, 0.25) is 0 Å². The average molecular weight is 480 g/mol. The van der Waals surface area contributed by atoms with Gasteiger partial charge in [-0.25, -0.2) is 9.18 Å². The van der Waals surface area contributed by atoms with Gasteiger partial charge in [-0.1, -0.05) is 24.3 Å². The summed E-state index contributed by atoms with van der Waals surface area (Å²) in [5.74, 6) is -0.893. The Bertz CT molecular complexity index is 1230. The number of Topliss-reactive ketones (excluding diaryl/α,β-unsaturated/α-hetero) is 1. The van der Waals surface area contributed by atoms with Crippen molar-refractivity contribution in [3.63, 3.8) is 0 Å². The molecule has 35 heavy (non-hydrogen) atoms. The van der Waals surface area contributed by atoms with Gasteiger partial charge in [0.1, 0.15) is 5.82 Å². The molecule has 1 aliphatic carbocycles. The van der Waals surface area contributed by atoms with E-state index in [1.54, 1.807) is 53.2 Å². The zero-order valence-electron chi connectivity index (χ0n) is 20.6. The monoisotopic (exact) mass is 479 g/mol. The van der Waals surface area contributed by atoms with Gasteiger partial charge in [0, 0.05) is 29.0 Å². The number of rotatable bonds is 6. The number of methoxy groups -OCH3 is 2. The number of hydrogen-bond acceptors (Lipinski definition) is 6. The lowest BCUT2D eigenvalue weighted by atomic mass is 9.71. The summed E-state index contributed by atoms with van der Waals surface area (Å²) in [5.41, 5.74) is 3.18. The number of carbonyl (C=O) groups is 2. The van der Waals surface area contributed by atoms with Crippen molar-refractivity contribution in [2.24, 2.45) is 0 Å². The highest BCUT2D eigenvalue weighted by molar-refractivity contribution is 6.04. The van der Waals surface area contributed by atoms with E-state index in [1.807, 2.05) is 18.2 Å². The zero-order valence-corrected chi connectivity index (χ0v) is 20.6. The molecule has 2 aromatic carbocycles. The van der Waals surface area contributed by atoms with E-state index in [1.165, 1.54) is 6.07 Å². The van der Waals surface area contributed by atoms with Crippen LogP contribution in [0.1, 0.15) is 56.6 Å². The highest BCUT2D eigenvalue weighted by atomic mass is 19.1. The Morgan fingerprint density at radius 3 is 2.43 bits per heavy atom. The molecule has 0 amide bonds. The van der Waals surface area contributed by atoms with Gasteiger partial charge in [0.05, 0.1) is 31.8 Å². The van der Waals surface area contributed by atoms with Crippen LogP contribution in [0.15, 0.2) is 65.0 Å². The number of esters is 1. The Balaban J connectivity index is 1.79. The molecule has 1 heterocycles. The molecule has 1 N–H and O–H groups in total. The molecule has 0 saturated heterocycles. The van der Waals surface area contributed by atoms with Crippen molar-refractivity contribution in [3.05, 3.63) is 81.9 Å². The Kier molecular flexibility index (Phi) is 6.96. The summed E-state index contributed by atoms with van der Waals surface area (Å²) in [6.07, 6.45) is 0.411. The lowest BCUT2D eigenvalue weighted by Gasteiger charge is -2.37.